The number of alkyl halides is 1. The molecule has 0 radical (unpaired) electrons. The molecule has 4 rings (SSSR count). The molecule has 7 heteroatoms. The minimum absolute atomic E-state index is 0.0455. The normalized spacial score (nSPS) is 23.3. The van der Waals surface area contributed by atoms with Crippen LogP contribution in [-0.4, -0.2) is 72.2 Å². The van der Waals surface area contributed by atoms with Crippen molar-refractivity contribution in [1.82, 2.24) is 14.8 Å². The molecule has 0 aliphatic carbocycles. The number of benzene rings is 1. The summed E-state index contributed by atoms with van der Waals surface area (Å²) in [6.45, 7) is 1.91. The van der Waals surface area contributed by atoms with Gasteiger partial charge in [0.2, 0.25) is 5.91 Å². The van der Waals surface area contributed by atoms with E-state index in [0.29, 0.717) is 6.04 Å². The first-order valence-electron chi connectivity index (χ1n) is 10.2. The second-order valence-corrected chi connectivity index (χ2v) is 8.03. The first kappa shape index (κ1) is 19.6. The van der Waals surface area contributed by atoms with Gasteiger partial charge in [-0.3, -0.25) is 9.69 Å². The molecule has 2 aliphatic rings. The summed E-state index contributed by atoms with van der Waals surface area (Å²) < 4.78 is 13.6. The van der Waals surface area contributed by atoms with Crippen LogP contribution in [0.1, 0.15) is 19.3 Å². The Morgan fingerprint density at radius 1 is 1.31 bits per heavy atom. The number of carbonyl (C=O) groups excluding carboxylic acids is 1. The number of amides is 1. The number of likely N-dealkylation sites (tertiary alicyclic amines) is 2. The van der Waals surface area contributed by atoms with Crippen molar-refractivity contribution in [3.05, 3.63) is 36.5 Å². The van der Waals surface area contributed by atoms with Crippen molar-refractivity contribution in [1.29, 1.82) is 5.26 Å². The van der Waals surface area contributed by atoms with Crippen LogP contribution >= 0.6 is 0 Å². The van der Waals surface area contributed by atoms with Gasteiger partial charge < -0.3 is 9.80 Å². The summed E-state index contributed by atoms with van der Waals surface area (Å²) in [4.78, 5) is 22.9. The van der Waals surface area contributed by atoms with E-state index in [-0.39, 0.29) is 25.4 Å². The van der Waals surface area contributed by atoms with Gasteiger partial charge in [-0.25, -0.2) is 9.37 Å². The van der Waals surface area contributed by atoms with Crippen molar-refractivity contribution in [2.24, 2.45) is 0 Å². The predicted molar refractivity (Wildman–Crippen MR) is 110 cm³/mol. The molecule has 29 heavy (non-hydrogen) atoms. The first-order chi connectivity index (χ1) is 14.0. The van der Waals surface area contributed by atoms with Gasteiger partial charge in [-0.05, 0) is 24.3 Å². The molecule has 0 unspecified atom stereocenters. The molecule has 3 heterocycles. The minimum Gasteiger partial charge on any atom is -0.357 e. The van der Waals surface area contributed by atoms with E-state index in [0.717, 1.165) is 37.1 Å². The Labute approximate surface area is 170 Å². The molecule has 152 valence electrons. The van der Waals surface area contributed by atoms with Crippen molar-refractivity contribution in [2.45, 2.75) is 37.5 Å². The lowest BCUT2D eigenvalue weighted by Gasteiger charge is -2.37. The highest BCUT2D eigenvalue weighted by Gasteiger charge is 2.36. The van der Waals surface area contributed by atoms with Gasteiger partial charge in [0.1, 0.15) is 18.0 Å². The summed E-state index contributed by atoms with van der Waals surface area (Å²) in [5.41, 5.74) is 0. The van der Waals surface area contributed by atoms with Crippen LogP contribution in [0.4, 0.5) is 10.2 Å². The van der Waals surface area contributed by atoms with E-state index in [1.165, 1.54) is 10.3 Å². The molecule has 1 aromatic carbocycles. The second kappa shape index (κ2) is 8.34. The summed E-state index contributed by atoms with van der Waals surface area (Å²) in [6.07, 6.45) is 2.83. The zero-order valence-electron chi connectivity index (χ0n) is 16.7. The number of carbonyl (C=O) groups is 1. The number of anilines is 1. The number of piperidine rings is 1. The van der Waals surface area contributed by atoms with E-state index >= 15 is 0 Å². The highest BCUT2D eigenvalue weighted by molar-refractivity contribution is 5.84. The fourth-order valence-electron chi connectivity index (χ4n) is 4.38. The molecule has 0 spiro atoms. The lowest BCUT2D eigenvalue weighted by Crippen LogP contribution is -2.48. The van der Waals surface area contributed by atoms with E-state index in [9.17, 15) is 9.18 Å². The van der Waals surface area contributed by atoms with E-state index in [4.69, 9.17) is 5.26 Å². The third-order valence-corrected chi connectivity index (χ3v) is 6.16. The van der Waals surface area contributed by atoms with Crippen LogP contribution < -0.4 is 4.90 Å². The fraction of sp³-hybridized carbons (Fsp3) is 0.500. The molecule has 1 amide bonds. The zero-order chi connectivity index (χ0) is 20.4. The van der Waals surface area contributed by atoms with E-state index < -0.39 is 12.2 Å². The summed E-state index contributed by atoms with van der Waals surface area (Å²) in [6, 6.07) is 12.1. The molecular weight excluding hydrogens is 369 g/mol. The molecule has 1 aromatic heterocycles. The van der Waals surface area contributed by atoms with Gasteiger partial charge in [0.25, 0.3) is 0 Å². The molecule has 2 saturated heterocycles. The van der Waals surface area contributed by atoms with Crippen LogP contribution in [0.2, 0.25) is 0 Å². The molecule has 2 atom stereocenters. The Morgan fingerprint density at radius 3 is 2.76 bits per heavy atom. The Bertz CT molecular complexity index is 921. The topological polar surface area (TPSA) is 63.5 Å². The molecule has 2 fully saturated rings. The van der Waals surface area contributed by atoms with Crippen molar-refractivity contribution in [3.63, 3.8) is 0 Å². The predicted octanol–water partition coefficient (Wildman–Crippen LogP) is 2.60. The maximum Gasteiger partial charge on any atom is 0.237 e. The molecule has 0 bridgehead atoms. The third-order valence-electron chi connectivity index (χ3n) is 6.16. The molecular formula is C22H26FN5O. The van der Waals surface area contributed by atoms with Crippen LogP contribution in [0, 0.1) is 11.3 Å². The van der Waals surface area contributed by atoms with Crippen molar-refractivity contribution in [2.75, 3.05) is 38.1 Å². The van der Waals surface area contributed by atoms with Crippen LogP contribution in [0.5, 0.6) is 0 Å². The van der Waals surface area contributed by atoms with Gasteiger partial charge in [-0.2, -0.15) is 5.26 Å². The zero-order valence-corrected chi connectivity index (χ0v) is 16.7. The Balaban J connectivity index is 1.33. The van der Waals surface area contributed by atoms with Crippen molar-refractivity contribution < 1.29 is 9.18 Å². The number of fused-ring (bicyclic) bond motifs is 1. The van der Waals surface area contributed by atoms with Crippen molar-refractivity contribution >= 4 is 22.5 Å². The lowest BCUT2D eigenvalue weighted by atomic mass is 10.0. The maximum atomic E-state index is 13.6. The highest BCUT2D eigenvalue weighted by atomic mass is 19.1. The average molecular weight is 395 g/mol. The quantitative estimate of drug-likeness (QED) is 0.796. The lowest BCUT2D eigenvalue weighted by molar-refractivity contribution is -0.132. The number of nitriles is 1. The number of hydrogen-bond donors (Lipinski definition) is 0. The standard InChI is InChI=1S/C22H26FN5O/c1-26(21-10-16-4-2-3-5-17(16)13-25-21)19-6-8-27(9-7-19)15-22(29)28-14-18(23)11-20(28)12-24/h2-5,10,13,18-20H,6-9,11,14-15H2,1H3/t18-,20-/m0/s1. The Kier molecular flexibility index (Phi) is 5.63. The monoisotopic (exact) mass is 395 g/mol. The molecule has 6 nitrogen and oxygen atoms in total. The first-order valence-corrected chi connectivity index (χ1v) is 10.2. The summed E-state index contributed by atoms with van der Waals surface area (Å²) in [5, 5.41) is 11.5. The van der Waals surface area contributed by atoms with E-state index in [2.05, 4.69) is 40.0 Å². The van der Waals surface area contributed by atoms with Gasteiger partial charge in [0.15, 0.2) is 0 Å². The van der Waals surface area contributed by atoms with E-state index in [1.54, 1.807) is 0 Å². The Hall–Kier alpha value is -2.72. The van der Waals surface area contributed by atoms with Crippen LogP contribution in [-0.2, 0) is 4.79 Å². The molecule has 0 N–H and O–H groups in total. The summed E-state index contributed by atoms with van der Waals surface area (Å²) in [7, 11) is 2.08. The van der Waals surface area contributed by atoms with E-state index in [1.807, 2.05) is 24.4 Å². The SMILES string of the molecule is CN(c1cc2ccccc2cn1)C1CCN(CC(=O)N2C[C@@H](F)C[C@H]2C#N)CC1. The van der Waals surface area contributed by atoms with Crippen molar-refractivity contribution in [3.8, 4) is 6.07 Å². The van der Waals surface area contributed by atoms with Gasteiger partial charge in [-0.1, -0.05) is 24.3 Å². The molecule has 2 aliphatic heterocycles. The molecule has 2 aromatic rings. The summed E-state index contributed by atoms with van der Waals surface area (Å²) >= 11 is 0. The van der Waals surface area contributed by atoms with Crippen LogP contribution in [0.3, 0.4) is 0 Å². The van der Waals surface area contributed by atoms with Gasteiger partial charge in [-0.15, -0.1) is 0 Å². The number of pyridine rings is 1. The largest absolute Gasteiger partial charge is 0.357 e. The van der Waals surface area contributed by atoms with Crippen LogP contribution in [0.25, 0.3) is 10.8 Å². The number of nitrogens with zero attached hydrogens (tertiary/aromatic N) is 5. The summed E-state index contributed by atoms with van der Waals surface area (Å²) in [5.74, 6) is 0.820. The number of halogens is 1. The number of aromatic nitrogens is 1. The van der Waals surface area contributed by atoms with Crippen LogP contribution in [0.15, 0.2) is 36.5 Å². The number of rotatable bonds is 4. The minimum atomic E-state index is -1.09. The second-order valence-electron chi connectivity index (χ2n) is 8.03. The highest BCUT2D eigenvalue weighted by Crippen LogP contribution is 2.25. The van der Waals surface area contributed by atoms with Gasteiger partial charge in [0.05, 0.1) is 19.2 Å². The smallest absolute Gasteiger partial charge is 0.237 e. The average Bonchev–Trinajstić information content (AvgIpc) is 3.14. The fourth-order valence-corrected chi connectivity index (χ4v) is 4.38. The maximum absolute atomic E-state index is 13.6. The number of hydrogen-bond acceptors (Lipinski definition) is 5. The van der Waals surface area contributed by atoms with Gasteiger partial charge in [0, 0.05) is 44.2 Å². The Morgan fingerprint density at radius 2 is 2.03 bits per heavy atom. The molecule has 0 saturated carbocycles. The van der Waals surface area contributed by atoms with Gasteiger partial charge >= 0.3 is 0 Å². The third kappa shape index (κ3) is 4.18.